The van der Waals surface area contributed by atoms with Gasteiger partial charge in [-0.15, -0.1) is 0 Å². The van der Waals surface area contributed by atoms with Gasteiger partial charge in [0.15, 0.2) is 0 Å². The first-order valence-corrected chi connectivity index (χ1v) is 7.25. The predicted molar refractivity (Wildman–Crippen MR) is 76.3 cm³/mol. The highest BCUT2D eigenvalue weighted by Crippen LogP contribution is 2.50. The van der Waals surface area contributed by atoms with Crippen molar-refractivity contribution in [3.8, 4) is 0 Å². The summed E-state index contributed by atoms with van der Waals surface area (Å²) >= 11 is 0. The Bertz CT molecular complexity index is 569. The van der Waals surface area contributed by atoms with Crippen LogP contribution < -0.4 is 0 Å². The molecule has 1 aromatic carbocycles. The molecular formula is C16H19F2NO3. The molecule has 2 unspecified atom stereocenters. The first kappa shape index (κ1) is 16.4. The average molecular weight is 311 g/mol. The molecule has 4 nitrogen and oxygen atoms in total. The van der Waals surface area contributed by atoms with E-state index in [0.717, 1.165) is 0 Å². The minimum Gasteiger partial charge on any atom is -0.480 e. The summed E-state index contributed by atoms with van der Waals surface area (Å²) in [6.45, 7) is 3.68. The SMILES string of the molecule is CC(C)CN(CC(=O)O)C(=O)C1CC1c1c(F)cccc1F. The van der Waals surface area contributed by atoms with E-state index in [-0.39, 0.29) is 23.9 Å². The van der Waals surface area contributed by atoms with E-state index in [1.165, 1.54) is 23.1 Å². The third kappa shape index (κ3) is 3.61. The molecule has 1 aliphatic rings. The fourth-order valence-electron chi connectivity index (χ4n) is 2.72. The van der Waals surface area contributed by atoms with Crippen molar-refractivity contribution < 1.29 is 23.5 Å². The number of carbonyl (C=O) groups excluding carboxylic acids is 1. The third-order valence-electron chi connectivity index (χ3n) is 3.70. The zero-order valence-electron chi connectivity index (χ0n) is 12.6. The topological polar surface area (TPSA) is 57.6 Å². The van der Waals surface area contributed by atoms with Crippen molar-refractivity contribution >= 4 is 11.9 Å². The Balaban J connectivity index is 2.12. The van der Waals surface area contributed by atoms with Gasteiger partial charge in [0, 0.05) is 23.9 Å². The lowest BCUT2D eigenvalue weighted by Crippen LogP contribution is -2.39. The van der Waals surface area contributed by atoms with Crippen LogP contribution in [0, 0.1) is 23.5 Å². The molecule has 1 aromatic rings. The maximum Gasteiger partial charge on any atom is 0.323 e. The highest BCUT2D eigenvalue weighted by atomic mass is 19.1. The summed E-state index contributed by atoms with van der Waals surface area (Å²) in [6.07, 6.45) is 0.352. The Labute approximate surface area is 127 Å². The summed E-state index contributed by atoms with van der Waals surface area (Å²) in [6, 6.07) is 3.62. The van der Waals surface area contributed by atoms with Crippen molar-refractivity contribution in [3.63, 3.8) is 0 Å². The van der Waals surface area contributed by atoms with Crippen LogP contribution in [0.4, 0.5) is 8.78 Å². The van der Waals surface area contributed by atoms with Crippen LogP contribution in [0.1, 0.15) is 31.7 Å². The summed E-state index contributed by atoms with van der Waals surface area (Å²) in [4.78, 5) is 24.5. The summed E-state index contributed by atoms with van der Waals surface area (Å²) in [5.41, 5.74) is -0.0688. The standard InChI is InChI=1S/C16H19F2NO3/c1-9(2)7-19(8-14(20)21)16(22)11-6-10(11)15-12(17)4-3-5-13(15)18/h3-5,9-11H,6-8H2,1-2H3,(H,20,21). The van der Waals surface area contributed by atoms with E-state index >= 15 is 0 Å². The van der Waals surface area contributed by atoms with Gasteiger partial charge in [-0.3, -0.25) is 9.59 Å². The molecule has 0 saturated heterocycles. The predicted octanol–water partition coefficient (Wildman–Crippen LogP) is 2.64. The number of benzene rings is 1. The van der Waals surface area contributed by atoms with Gasteiger partial charge in [0.1, 0.15) is 18.2 Å². The van der Waals surface area contributed by atoms with Crippen molar-refractivity contribution in [2.75, 3.05) is 13.1 Å². The molecule has 1 fully saturated rings. The maximum absolute atomic E-state index is 13.7. The van der Waals surface area contributed by atoms with Crippen LogP contribution in [0.25, 0.3) is 0 Å². The van der Waals surface area contributed by atoms with Gasteiger partial charge >= 0.3 is 5.97 Å². The first-order valence-electron chi connectivity index (χ1n) is 7.25. The van der Waals surface area contributed by atoms with Crippen LogP contribution in [0.5, 0.6) is 0 Å². The second-order valence-electron chi connectivity index (χ2n) is 6.09. The number of carbonyl (C=O) groups is 2. The highest BCUT2D eigenvalue weighted by molar-refractivity contribution is 5.86. The van der Waals surface area contributed by atoms with Gasteiger partial charge in [0.05, 0.1) is 0 Å². The molecule has 2 rings (SSSR count). The summed E-state index contributed by atoms with van der Waals surface area (Å²) < 4.78 is 27.5. The van der Waals surface area contributed by atoms with E-state index in [0.29, 0.717) is 13.0 Å². The fraction of sp³-hybridized carbons (Fsp3) is 0.500. The Morgan fingerprint density at radius 1 is 1.32 bits per heavy atom. The average Bonchev–Trinajstić information content (AvgIpc) is 3.16. The van der Waals surface area contributed by atoms with Gasteiger partial charge in [-0.05, 0) is 24.5 Å². The van der Waals surface area contributed by atoms with E-state index in [9.17, 15) is 18.4 Å². The van der Waals surface area contributed by atoms with E-state index in [4.69, 9.17) is 5.11 Å². The normalized spacial score (nSPS) is 20.0. The van der Waals surface area contributed by atoms with Crippen LogP contribution in [-0.2, 0) is 9.59 Å². The molecule has 0 aliphatic heterocycles. The van der Waals surface area contributed by atoms with E-state index in [1.807, 2.05) is 13.8 Å². The van der Waals surface area contributed by atoms with Crippen molar-refractivity contribution in [2.24, 2.45) is 11.8 Å². The molecule has 0 aromatic heterocycles. The van der Waals surface area contributed by atoms with Crippen LogP contribution in [0.3, 0.4) is 0 Å². The highest BCUT2D eigenvalue weighted by Gasteiger charge is 2.48. The Hall–Kier alpha value is -1.98. The minimum absolute atomic E-state index is 0.0688. The van der Waals surface area contributed by atoms with Crippen LogP contribution in [0.2, 0.25) is 0 Å². The lowest BCUT2D eigenvalue weighted by atomic mass is 10.1. The second-order valence-corrected chi connectivity index (χ2v) is 6.09. The number of nitrogens with zero attached hydrogens (tertiary/aromatic N) is 1. The van der Waals surface area contributed by atoms with Crippen molar-refractivity contribution in [3.05, 3.63) is 35.4 Å². The molecule has 0 spiro atoms. The van der Waals surface area contributed by atoms with Gasteiger partial charge in [0.25, 0.3) is 0 Å². The number of aliphatic carboxylic acids is 1. The summed E-state index contributed by atoms with van der Waals surface area (Å²) in [5.74, 6) is -3.68. The Morgan fingerprint density at radius 3 is 2.41 bits per heavy atom. The zero-order chi connectivity index (χ0) is 16.4. The lowest BCUT2D eigenvalue weighted by molar-refractivity contribution is -0.145. The number of amides is 1. The molecule has 0 heterocycles. The quantitative estimate of drug-likeness (QED) is 0.878. The Kier molecular flexibility index (Phi) is 4.78. The molecule has 1 aliphatic carbocycles. The van der Waals surface area contributed by atoms with Gasteiger partial charge in [-0.1, -0.05) is 19.9 Å². The molecule has 2 atom stereocenters. The summed E-state index contributed by atoms with van der Waals surface area (Å²) in [7, 11) is 0. The number of hydrogen-bond donors (Lipinski definition) is 1. The van der Waals surface area contributed by atoms with E-state index in [1.54, 1.807) is 0 Å². The van der Waals surface area contributed by atoms with Crippen molar-refractivity contribution in [1.29, 1.82) is 0 Å². The maximum atomic E-state index is 13.7. The van der Waals surface area contributed by atoms with Gasteiger partial charge in [0.2, 0.25) is 5.91 Å². The van der Waals surface area contributed by atoms with Crippen molar-refractivity contribution in [1.82, 2.24) is 4.90 Å². The number of hydrogen-bond acceptors (Lipinski definition) is 2. The molecule has 22 heavy (non-hydrogen) atoms. The molecule has 0 bridgehead atoms. The number of rotatable bonds is 6. The monoisotopic (exact) mass is 311 g/mol. The minimum atomic E-state index is -1.09. The number of carboxylic acid groups (broad SMARTS) is 1. The molecular weight excluding hydrogens is 292 g/mol. The second kappa shape index (κ2) is 6.42. The number of halogens is 2. The van der Waals surface area contributed by atoms with Gasteiger partial charge < -0.3 is 10.0 Å². The van der Waals surface area contributed by atoms with Gasteiger partial charge in [-0.25, -0.2) is 8.78 Å². The van der Waals surface area contributed by atoms with Crippen LogP contribution >= 0.6 is 0 Å². The molecule has 0 radical (unpaired) electrons. The molecule has 1 amide bonds. The molecule has 120 valence electrons. The first-order chi connectivity index (χ1) is 10.3. The van der Waals surface area contributed by atoms with E-state index < -0.39 is 29.4 Å². The largest absolute Gasteiger partial charge is 0.480 e. The molecule has 1 saturated carbocycles. The zero-order valence-corrected chi connectivity index (χ0v) is 12.6. The third-order valence-corrected chi connectivity index (χ3v) is 3.70. The molecule has 6 heteroatoms. The fourth-order valence-corrected chi connectivity index (χ4v) is 2.72. The van der Waals surface area contributed by atoms with Gasteiger partial charge in [-0.2, -0.15) is 0 Å². The molecule has 1 N–H and O–H groups in total. The van der Waals surface area contributed by atoms with E-state index in [2.05, 4.69) is 0 Å². The van der Waals surface area contributed by atoms with Crippen LogP contribution in [0.15, 0.2) is 18.2 Å². The smallest absolute Gasteiger partial charge is 0.323 e. The van der Waals surface area contributed by atoms with Crippen molar-refractivity contribution in [2.45, 2.75) is 26.2 Å². The van der Waals surface area contributed by atoms with Crippen LogP contribution in [-0.4, -0.2) is 35.0 Å². The summed E-state index contributed by atoms with van der Waals surface area (Å²) in [5, 5.41) is 8.91. The lowest BCUT2D eigenvalue weighted by Gasteiger charge is -2.23. The Morgan fingerprint density at radius 2 is 1.91 bits per heavy atom. The number of carboxylic acids is 1.